The van der Waals surface area contributed by atoms with Crippen molar-refractivity contribution in [2.24, 2.45) is 0 Å². The standard InChI is InChI=1S/C14H30N2/c1-4-10-16-11-7-8-14(9-12-16)15-13(5-2)6-3/h13-15H,4-12H2,1-3H3. The van der Waals surface area contributed by atoms with Gasteiger partial charge in [0, 0.05) is 12.1 Å². The van der Waals surface area contributed by atoms with Crippen LogP contribution in [-0.2, 0) is 0 Å². The summed E-state index contributed by atoms with van der Waals surface area (Å²) >= 11 is 0. The van der Waals surface area contributed by atoms with Gasteiger partial charge in [0.1, 0.15) is 0 Å². The molecular formula is C14H30N2. The molecule has 1 saturated heterocycles. The van der Waals surface area contributed by atoms with Crippen LogP contribution >= 0.6 is 0 Å². The molecule has 0 aromatic heterocycles. The van der Waals surface area contributed by atoms with Gasteiger partial charge in [0.2, 0.25) is 0 Å². The molecule has 0 aromatic carbocycles. The first kappa shape index (κ1) is 14.0. The molecule has 0 amide bonds. The molecule has 0 spiro atoms. The van der Waals surface area contributed by atoms with Gasteiger partial charge in [-0.1, -0.05) is 20.8 Å². The summed E-state index contributed by atoms with van der Waals surface area (Å²) in [6, 6.07) is 1.51. The third-order valence-corrected chi connectivity index (χ3v) is 3.82. The number of nitrogens with zero attached hydrogens (tertiary/aromatic N) is 1. The van der Waals surface area contributed by atoms with Crippen LogP contribution in [0.2, 0.25) is 0 Å². The van der Waals surface area contributed by atoms with Crippen molar-refractivity contribution in [2.45, 2.75) is 71.4 Å². The molecule has 0 aliphatic carbocycles. The van der Waals surface area contributed by atoms with Gasteiger partial charge in [-0.05, 0) is 58.2 Å². The van der Waals surface area contributed by atoms with Crippen LogP contribution in [0.1, 0.15) is 59.3 Å². The highest BCUT2D eigenvalue weighted by Crippen LogP contribution is 2.13. The van der Waals surface area contributed by atoms with Crippen LogP contribution in [0.3, 0.4) is 0 Å². The highest BCUT2D eigenvalue weighted by Gasteiger charge is 2.17. The molecule has 96 valence electrons. The maximum absolute atomic E-state index is 3.83. The molecule has 1 rings (SSSR count). The molecule has 1 N–H and O–H groups in total. The van der Waals surface area contributed by atoms with Crippen LogP contribution in [0.25, 0.3) is 0 Å². The quantitative estimate of drug-likeness (QED) is 0.749. The minimum atomic E-state index is 0.739. The molecule has 1 heterocycles. The first-order valence-electron chi connectivity index (χ1n) is 7.28. The molecule has 1 atom stereocenters. The molecule has 1 aliphatic rings. The Balaban J connectivity index is 2.29. The van der Waals surface area contributed by atoms with Crippen LogP contribution in [0.5, 0.6) is 0 Å². The minimum absolute atomic E-state index is 0.739. The van der Waals surface area contributed by atoms with Crippen molar-refractivity contribution >= 4 is 0 Å². The van der Waals surface area contributed by atoms with E-state index < -0.39 is 0 Å². The van der Waals surface area contributed by atoms with E-state index in [1.54, 1.807) is 0 Å². The third-order valence-electron chi connectivity index (χ3n) is 3.82. The molecule has 1 unspecified atom stereocenters. The molecule has 0 aromatic rings. The fourth-order valence-corrected chi connectivity index (χ4v) is 2.72. The van der Waals surface area contributed by atoms with Crippen molar-refractivity contribution in [1.29, 1.82) is 0 Å². The second kappa shape index (κ2) is 8.08. The Hall–Kier alpha value is -0.0800. The number of rotatable bonds is 6. The van der Waals surface area contributed by atoms with Crippen LogP contribution in [0.4, 0.5) is 0 Å². The minimum Gasteiger partial charge on any atom is -0.311 e. The second-order valence-corrected chi connectivity index (χ2v) is 5.15. The SMILES string of the molecule is CCCN1CCCC(NC(CC)CC)CC1. The van der Waals surface area contributed by atoms with E-state index in [9.17, 15) is 0 Å². The monoisotopic (exact) mass is 226 g/mol. The Morgan fingerprint density at radius 2 is 1.88 bits per heavy atom. The number of hydrogen-bond donors (Lipinski definition) is 1. The van der Waals surface area contributed by atoms with E-state index in [1.807, 2.05) is 0 Å². The Bertz CT molecular complexity index is 166. The van der Waals surface area contributed by atoms with Gasteiger partial charge in [-0.2, -0.15) is 0 Å². The van der Waals surface area contributed by atoms with Crippen molar-refractivity contribution in [3.8, 4) is 0 Å². The van der Waals surface area contributed by atoms with E-state index in [2.05, 4.69) is 31.0 Å². The highest BCUT2D eigenvalue weighted by molar-refractivity contribution is 4.77. The van der Waals surface area contributed by atoms with E-state index in [4.69, 9.17) is 0 Å². The van der Waals surface area contributed by atoms with Crippen molar-refractivity contribution in [3.63, 3.8) is 0 Å². The predicted octanol–water partition coefficient (Wildman–Crippen LogP) is 3.03. The van der Waals surface area contributed by atoms with Gasteiger partial charge in [-0.3, -0.25) is 0 Å². The lowest BCUT2D eigenvalue weighted by molar-refractivity contribution is 0.280. The summed E-state index contributed by atoms with van der Waals surface area (Å²) in [5, 5.41) is 3.83. The lowest BCUT2D eigenvalue weighted by atomic mass is 10.1. The average Bonchev–Trinajstić information content (AvgIpc) is 2.52. The second-order valence-electron chi connectivity index (χ2n) is 5.15. The van der Waals surface area contributed by atoms with Gasteiger partial charge in [0.25, 0.3) is 0 Å². The van der Waals surface area contributed by atoms with Crippen molar-refractivity contribution in [3.05, 3.63) is 0 Å². The number of likely N-dealkylation sites (tertiary alicyclic amines) is 1. The lowest BCUT2D eigenvalue weighted by Gasteiger charge is -2.23. The van der Waals surface area contributed by atoms with Gasteiger partial charge in [0.15, 0.2) is 0 Å². The van der Waals surface area contributed by atoms with Gasteiger partial charge < -0.3 is 10.2 Å². The van der Waals surface area contributed by atoms with E-state index >= 15 is 0 Å². The molecule has 2 heteroatoms. The van der Waals surface area contributed by atoms with Crippen LogP contribution in [0.15, 0.2) is 0 Å². The Morgan fingerprint density at radius 1 is 1.12 bits per heavy atom. The van der Waals surface area contributed by atoms with E-state index in [0.717, 1.165) is 12.1 Å². The predicted molar refractivity (Wildman–Crippen MR) is 71.9 cm³/mol. The highest BCUT2D eigenvalue weighted by atomic mass is 15.1. The van der Waals surface area contributed by atoms with Crippen LogP contribution in [-0.4, -0.2) is 36.6 Å². The topological polar surface area (TPSA) is 15.3 Å². The smallest absolute Gasteiger partial charge is 0.00822 e. The third kappa shape index (κ3) is 4.84. The van der Waals surface area contributed by atoms with Gasteiger partial charge in [-0.25, -0.2) is 0 Å². The molecule has 1 fully saturated rings. The van der Waals surface area contributed by atoms with E-state index in [1.165, 1.54) is 58.2 Å². The van der Waals surface area contributed by atoms with Crippen molar-refractivity contribution in [2.75, 3.05) is 19.6 Å². The Labute approximate surface area is 102 Å². The normalized spacial score (nSPS) is 23.6. The fraction of sp³-hybridized carbons (Fsp3) is 1.00. The zero-order valence-corrected chi connectivity index (χ0v) is 11.5. The summed E-state index contributed by atoms with van der Waals surface area (Å²) in [5.41, 5.74) is 0. The van der Waals surface area contributed by atoms with Crippen LogP contribution < -0.4 is 5.32 Å². The Kier molecular flexibility index (Phi) is 7.06. The summed E-state index contributed by atoms with van der Waals surface area (Å²) in [6.07, 6.45) is 7.92. The summed E-state index contributed by atoms with van der Waals surface area (Å²) in [6.45, 7) is 10.8. The molecule has 1 aliphatic heterocycles. The first-order valence-corrected chi connectivity index (χ1v) is 7.28. The number of nitrogens with one attached hydrogen (secondary N) is 1. The fourth-order valence-electron chi connectivity index (χ4n) is 2.72. The zero-order valence-electron chi connectivity index (χ0n) is 11.5. The van der Waals surface area contributed by atoms with E-state index in [-0.39, 0.29) is 0 Å². The first-order chi connectivity index (χ1) is 7.80. The average molecular weight is 226 g/mol. The molecule has 0 saturated carbocycles. The molecule has 0 radical (unpaired) electrons. The summed E-state index contributed by atoms with van der Waals surface area (Å²) in [5.74, 6) is 0. The van der Waals surface area contributed by atoms with Crippen molar-refractivity contribution in [1.82, 2.24) is 10.2 Å². The Morgan fingerprint density at radius 3 is 2.50 bits per heavy atom. The molecule has 16 heavy (non-hydrogen) atoms. The summed E-state index contributed by atoms with van der Waals surface area (Å²) < 4.78 is 0. The largest absolute Gasteiger partial charge is 0.311 e. The van der Waals surface area contributed by atoms with Crippen molar-refractivity contribution < 1.29 is 0 Å². The molecule has 0 bridgehead atoms. The van der Waals surface area contributed by atoms with Gasteiger partial charge in [0.05, 0.1) is 0 Å². The van der Waals surface area contributed by atoms with E-state index in [0.29, 0.717) is 0 Å². The molecular weight excluding hydrogens is 196 g/mol. The zero-order chi connectivity index (χ0) is 11.8. The number of hydrogen-bond acceptors (Lipinski definition) is 2. The maximum Gasteiger partial charge on any atom is 0.00822 e. The lowest BCUT2D eigenvalue weighted by Crippen LogP contribution is -2.38. The van der Waals surface area contributed by atoms with Gasteiger partial charge >= 0.3 is 0 Å². The summed E-state index contributed by atoms with van der Waals surface area (Å²) in [7, 11) is 0. The maximum atomic E-state index is 3.83. The van der Waals surface area contributed by atoms with Crippen LogP contribution in [0, 0.1) is 0 Å². The summed E-state index contributed by atoms with van der Waals surface area (Å²) in [4.78, 5) is 2.63. The van der Waals surface area contributed by atoms with Gasteiger partial charge in [-0.15, -0.1) is 0 Å². The molecule has 2 nitrogen and oxygen atoms in total.